The number of nitrogens with zero attached hydrogens (tertiary/aromatic N) is 1. The van der Waals surface area contributed by atoms with Crippen LogP contribution in [0.2, 0.25) is 0 Å². The predicted molar refractivity (Wildman–Crippen MR) is 64.4 cm³/mol. The lowest BCUT2D eigenvalue weighted by atomic mass is 10.2. The van der Waals surface area contributed by atoms with Gasteiger partial charge >= 0.3 is 0 Å². The largest absolute Gasteiger partial charge is 0.397 e. The van der Waals surface area contributed by atoms with Crippen molar-refractivity contribution in [3.8, 4) is 0 Å². The number of imidazole rings is 1. The summed E-state index contributed by atoms with van der Waals surface area (Å²) in [6, 6.07) is 2.88. The van der Waals surface area contributed by atoms with Crippen LogP contribution in [0.3, 0.4) is 0 Å². The summed E-state index contributed by atoms with van der Waals surface area (Å²) in [4.78, 5) is 7.01. The van der Waals surface area contributed by atoms with Gasteiger partial charge in [0, 0.05) is 18.5 Å². The first-order valence-corrected chi connectivity index (χ1v) is 5.43. The smallest absolute Gasteiger partial charge is 0.139 e. The van der Waals surface area contributed by atoms with Crippen molar-refractivity contribution in [1.29, 1.82) is 0 Å². The number of nitrogens with one attached hydrogen (secondary N) is 2. The van der Waals surface area contributed by atoms with E-state index < -0.39 is 0 Å². The van der Waals surface area contributed by atoms with Gasteiger partial charge in [0.2, 0.25) is 0 Å². The second-order valence-corrected chi connectivity index (χ2v) is 4.10. The van der Waals surface area contributed by atoms with E-state index in [1.54, 1.807) is 18.5 Å². The van der Waals surface area contributed by atoms with Crippen molar-refractivity contribution in [3.05, 3.63) is 40.6 Å². The first kappa shape index (κ1) is 10.9. The van der Waals surface area contributed by atoms with E-state index in [1.165, 1.54) is 6.07 Å². The summed E-state index contributed by atoms with van der Waals surface area (Å²) in [5, 5.41) is 3.07. The van der Waals surface area contributed by atoms with Gasteiger partial charge in [0.15, 0.2) is 0 Å². The molecule has 0 saturated carbocycles. The van der Waals surface area contributed by atoms with Gasteiger partial charge in [0.1, 0.15) is 11.6 Å². The van der Waals surface area contributed by atoms with Crippen LogP contribution in [0, 0.1) is 5.82 Å². The summed E-state index contributed by atoms with van der Waals surface area (Å²) in [5.74, 6) is 0.417. The zero-order chi connectivity index (χ0) is 11.5. The molecule has 0 fully saturated rings. The fourth-order valence-corrected chi connectivity index (χ4v) is 1.63. The summed E-state index contributed by atoms with van der Waals surface area (Å²) in [7, 11) is 0. The highest BCUT2D eigenvalue weighted by atomic mass is 79.9. The molecular formula is C10H10BrFN4. The molecule has 6 heteroatoms. The molecule has 4 N–H and O–H groups in total. The molecule has 0 amide bonds. The van der Waals surface area contributed by atoms with Gasteiger partial charge in [0.05, 0.1) is 22.4 Å². The number of nitrogens with two attached hydrogens (primary N) is 1. The van der Waals surface area contributed by atoms with Crippen LogP contribution in [0.15, 0.2) is 29.0 Å². The van der Waals surface area contributed by atoms with Crippen LogP contribution in [0.5, 0.6) is 0 Å². The van der Waals surface area contributed by atoms with Gasteiger partial charge in [-0.05, 0) is 22.0 Å². The SMILES string of the molecule is Nc1cc(F)c(Br)cc1NCc1ncc[nH]1. The number of nitrogen functional groups attached to an aromatic ring is 1. The average molecular weight is 285 g/mol. The van der Waals surface area contributed by atoms with Crippen LogP contribution in [-0.4, -0.2) is 9.97 Å². The van der Waals surface area contributed by atoms with Crippen LogP contribution in [-0.2, 0) is 6.54 Å². The first-order chi connectivity index (χ1) is 7.66. The molecule has 1 heterocycles. The Morgan fingerprint density at radius 2 is 2.31 bits per heavy atom. The highest BCUT2D eigenvalue weighted by Gasteiger charge is 2.05. The molecule has 16 heavy (non-hydrogen) atoms. The third-order valence-electron chi connectivity index (χ3n) is 2.09. The number of hydrogen-bond acceptors (Lipinski definition) is 3. The quantitative estimate of drug-likeness (QED) is 0.759. The maximum absolute atomic E-state index is 13.1. The minimum atomic E-state index is -0.374. The number of halogens is 2. The zero-order valence-electron chi connectivity index (χ0n) is 8.30. The second kappa shape index (κ2) is 4.52. The molecule has 4 nitrogen and oxygen atoms in total. The topological polar surface area (TPSA) is 66.7 Å². The van der Waals surface area contributed by atoms with E-state index in [0.717, 1.165) is 5.82 Å². The Bertz CT molecular complexity index is 484. The van der Waals surface area contributed by atoms with Crippen molar-refractivity contribution in [2.75, 3.05) is 11.1 Å². The molecule has 0 unspecified atom stereocenters. The van der Waals surface area contributed by atoms with Crippen molar-refractivity contribution in [3.63, 3.8) is 0 Å². The fraction of sp³-hybridized carbons (Fsp3) is 0.100. The molecule has 0 aliphatic rings. The fourth-order valence-electron chi connectivity index (χ4n) is 1.29. The minimum absolute atomic E-state index is 0.368. The number of aromatic nitrogens is 2. The summed E-state index contributed by atoms with van der Waals surface area (Å²) in [5.41, 5.74) is 6.71. The Balaban J connectivity index is 2.12. The summed E-state index contributed by atoms with van der Waals surface area (Å²) >= 11 is 3.10. The molecule has 2 rings (SSSR count). The zero-order valence-corrected chi connectivity index (χ0v) is 9.88. The van der Waals surface area contributed by atoms with Gasteiger partial charge < -0.3 is 16.0 Å². The molecule has 0 radical (unpaired) electrons. The van der Waals surface area contributed by atoms with Crippen molar-refractivity contribution in [2.45, 2.75) is 6.54 Å². The lowest BCUT2D eigenvalue weighted by molar-refractivity contribution is 0.622. The van der Waals surface area contributed by atoms with Crippen molar-refractivity contribution in [2.24, 2.45) is 0 Å². The van der Waals surface area contributed by atoms with Gasteiger partial charge in [0.25, 0.3) is 0 Å². The second-order valence-electron chi connectivity index (χ2n) is 3.24. The van der Waals surface area contributed by atoms with Crippen molar-refractivity contribution in [1.82, 2.24) is 9.97 Å². The van der Waals surface area contributed by atoms with Crippen molar-refractivity contribution < 1.29 is 4.39 Å². The van der Waals surface area contributed by atoms with E-state index in [-0.39, 0.29) is 5.82 Å². The summed E-state index contributed by atoms with van der Waals surface area (Å²) in [6.45, 7) is 0.509. The summed E-state index contributed by atoms with van der Waals surface area (Å²) in [6.07, 6.45) is 3.40. The number of H-pyrrole nitrogens is 1. The van der Waals surface area contributed by atoms with E-state index in [4.69, 9.17) is 5.73 Å². The van der Waals surface area contributed by atoms with Crippen LogP contribution >= 0.6 is 15.9 Å². The molecule has 0 aliphatic heterocycles. The number of benzene rings is 1. The average Bonchev–Trinajstić information content (AvgIpc) is 2.74. The molecule has 0 atom stereocenters. The Kier molecular flexibility index (Phi) is 3.09. The van der Waals surface area contributed by atoms with Crippen molar-refractivity contribution >= 4 is 27.3 Å². The molecule has 0 saturated heterocycles. The number of rotatable bonds is 3. The standard InChI is InChI=1S/C10H10BrFN4/c11-6-3-9(8(13)4-7(6)12)16-5-10-14-1-2-15-10/h1-4,16H,5,13H2,(H,14,15). The van der Waals surface area contributed by atoms with Crippen LogP contribution < -0.4 is 11.1 Å². The molecule has 2 aromatic rings. The van der Waals surface area contributed by atoms with Crippen LogP contribution in [0.1, 0.15) is 5.82 Å². The van der Waals surface area contributed by atoms with E-state index in [0.29, 0.717) is 22.4 Å². The molecular weight excluding hydrogens is 275 g/mol. The number of anilines is 2. The molecule has 1 aromatic heterocycles. The lowest BCUT2D eigenvalue weighted by Gasteiger charge is -2.09. The van der Waals surface area contributed by atoms with E-state index >= 15 is 0 Å². The van der Waals surface area contributed by atoms with Gasteiger partial charge in [-0.2, -0.15) is 0 Å². The van der Waals surface area contributed by atoms with Gasteiger partial charge in [-0.15, -0.1) is 0 Å². The van der Waals surface area contributed by atoms with Crippen LogP contribution in [0.4, 0.5) is 15.8 Å². The lowest BCUT2D eigenvalue weighted by Crippen LogP contribution is -2.04. The molecule has 0 bridgehead atoms. The minimum Gasteiger partial charge on any atom is -0.397 e. The number of aromatic amines is 1. The normalized spacial score (nSPS) is 10.4. The van der Waals surface area contributed by atoms with Crippen LogP contribution in [0.25, 0.3) is 0 Å². The molecule has 0 aliphatic carbocycles. The Labute approximate surface area is 100 Å². The van der Waals surface area contributed by atoms with E-state index in [2.05, 4.69) is 31.2 Å². The Morgan fingerprint density at radius 1 is 1.50 bits per heavy atom. The van der Waals surface area contributed by atoms with E-state index in [1.807, 2.05) is 0 Å². The highest BCUT2D eigenvalue weighted by Crippen LogP contribution is 2.26. The Hall–Kier alpha value is -1.56. The maximum atomic E-state index is 13.1. The highest BCUT2D eigenvalue weighted by molar-refractivity contribution is 9.10. The third-order valence-corrected chi connectivity index (χ3v) is 2.70. The Morgan fingerprint density at radius 3 is 3.00 bits per heavy atom. The molecule has 84 valence electrons. The maximum Gasteiger partial charge on any atom is 0.139 e. The van der Waals surface area contributed by atoms with Gasteiger partial charge in [-0.3, -0.25) is 0 Å². The first-order valence-electron chi connectivity index (χ1n) is 4.63. The predicted octanol–water partition coefficient (Wildman–Crippen LogP) is 2.51. The third kappa shape index (κ3) is 2.33. The molecule has 1 aromatic carbocycles. The van der Waals surface area contributed by atoms with Gasteiger partial charge in [-0.1, -0.05) is 0 Å². The number of hydrogen-bond donors (Lipinski definition) is 3. The van der Waals surface area contributed by atoms with Gasteiger partial charge in [-0.25, -0.2) is 9.37 Å². The van der Waals surface area contributed by atoms with E-state index in [9.17, 15) is 4.39 Å². The monoisotopic (exact) mass is 284 g/mol. The summed E-state index contributed by atoms with van der Waals surface area (Å²) < 4.78 is 13.5. The molecule has 0 spiro atoms.